The second-order valence-electron chi connectivity index (χ2n) is 11.5. The molecule has 1 atom stereocenters. The molecule has 0 amide bonds. The molecule has 43 heavy (non-hydrogen) atoms. The summed E-state index contributed by atoms with van der Waals surface area (Å²) < 4.78 is 0. The zero-order chi connectivity index (χ0) is 28.8. The van der Waals surface area contributed by atoms with Crippen molar-refractivity contribution in [1.29, 1.82) is 0 Å². The van der Waals surface area contributed by atoms with Crippen molar-refractivity contribution < 1.29 is 25.8 Å². The second-order valence-corrected chi connectivity index (χ2v) is 11.5. The van der Waals surface area contributed by atoms with E-state index >= 15 is 0 Å². The van der Waals surface area contributed by atoms with Gasteiger partial charge >= 0.3 is 25.8 Å². The van der Waals surface area contributed by atoms with E-state index in [1.54, 1.807) is 0 Å². The van der Waals surface area contributed by atoms with Gasteiger partial charge in [0.05, 0.1) is 0 Å². The number of nitrogens with zero attached hydrogens (tertiary/aromatic N) is 1. The van der Waals surface area contributed by atoms with Crippen LogP contribution >= 0.6 is 0 Å². The molecule has 5 rings (SSSR count). The summed E-state index contributed by atoms with van der Waals surface area (Å²) in [5.41, 5.74) is 17.0. The van der Waals surface area contributed by atoms with Crippen LogP contribution in [-0.2, 0) is 25.8 Å². The van der Waals surface area contributed by atoms with Gasteiger partial charge in [-0.3, -0.25) is 0 Å². The standard InChI is InChI=1S/C26H24N.C12H18N.2CH3.Hf/c1-18(2)21-12-6-7-13-22(21)19(3)25-16-9-17-26(27-25)24-15-8-11-20-10-4-5-14-23(20)24;1-8(2)10-6-5-7-11(9(3)4)12(10)13;;;/h4-14,16-19H,1-3H3;5-9,13H,1-4H3;2*1H3;/q4*-1;+4. The number of fused-ring (bicyclic) bond motifs is 1. The van der Waals surface area contributed by atoms with E-state index in [1.165, 1.54) is 21.9 Å². The van der Waals surface area contributed by atoms with Gasteiger partial charge in [-0.15, -0.1) is 34.8 Å². The van der Waals surface area contributed by atoms with Crippen LogP contribution in [0, 0.1) is 20.9 Å². The van der Waals surface area contributed by atoms with Gasteiger partial charge in [0.1, 0.15) is 0 Å². The third-order valence-corrected chi connectivity index (χ3v) is 7.65. The summed E-state index contributed by atoms with van der Waals surface area (Å²) >= 11 is 0. The smallest absolute Gasteiger partial charge is 0.698 e. The van der Waals surface area contributed by atoms with Crippen LogP contribution < -0.4 is 0 Å². The van der Waals surface area contributed by atoms with Crippen molar-refractivity contribution in [2.45, 2.75) is 72.1 Å². The van der Waals surface area contributed by atoms with Crippen LogP contribution in [-0.4, -0.2) is 4.98 Å². The van der Waals surface area contributed by atoms with Crippen LogP contribution in [0.4, 0.5) is 5.69 Å². The van der Waals surface area contributed by atoms with E-state index < -0.39 is 0 Å². The first-order valence-corrected chi connectivity index (χ1v) is 14.5. The minimum atomic E-state index is 0. The van der Waals surface area contributed by atoms with Crippen molar-refractivity contribution >= 4 is 16.5 Å². The normalized spacial score (nSPS) is 11.2. The summed E-state index contributed by atoms with van der Waals surface area (Å²) in [6.07, 6.45) is 0. The molecule has 0 spiro atoms. The maximum Gasteiger partial charge on any atom is 4.00 e. The van der Waals surface area contributed by atoms with Gasteiger partial charge < -0.3 is 25.6 Å². The number of benzene rings is 4. The molecule has 0 bridgehead atoms. The summed E-state index contributed by atoms with van der Waals surface area (Å²) in [5.74, 6) is 1.65. The number of nitrogens with one attached hydrogen (secondary N) is 1. The quantitative estimate of drug-likeness (QED) is 0.126. The summed E-state index contributed by atoms with van der Waals surface area (Å²) in [7, 11) is 0. The molecular weight excluding hydrogens is 687 g/mol. The number of pyridine rings is 1. The molecule has 1 unspecified atom stereocenters. The van der Waals surface area contributed by atoms with Gasteiger partial charge in [-0.2, -0.15) is 0 Å². The topological polar surface area (TPSA) is 36.7 Å². The largest absolute Gasteiger partial charge is 4.00 e. The summed E-state index contributed by atoms with van der Waals surface area (Å²) in [6, 6.07) is 37.1. The third kappa shape index (κ3) is 8.99. The average Bonchev–Trinajstić information content (AvgIpc) is 2.96. The predicted molar refractivity (Wildman–Crippen MR) is 185 cm³/mol. The maximum atomic E-state index is 8.01. The molecule has 0 saturated heterocycles. The molecule has 3 heteroatoms. The average molecular weight is 735 g/mol. The fourth-order valence-corrected chi connectivity index (χ4v) is 5.35. The molecular formula is C40H48HfN2. The third-order valence-electron chi connectivity index (χ3n) is 7.65. The van der Waals surface area contributed by atoms with Crippen molar-refractivity contribution in [2.24, 2.45) is 0 Å². The second kappa shape index (κ2) is 17.3. The van der Waals surface area contributed by atoms with E-state index in [9.17, 15) is 0 Å². The molecule has 5 aromatic rings. The Labute approximate surface area is 281 Å². The number of aromatic nitrogens is 1. The van der Waals surface area contributed by atoms with Crippen LogP contribution in [0.5, 0.6) is 0 Å². The number of hydrogen-bond donors (Lipinski definition) is 0. The number of rotatable bonds is 6. The van der Waals surface area contributed by atoms with Crippen molar-refractivity contribution in [3.8, 4) is 11.3 Å². The first-order valence-electron chi connectivity index (χ1n) is 14.5. The van der Waals surface area contributed by atoms with Crippen molar-refractivity contribution in [1.82, 2.24) is 4.98 Å². The summed E-state index contributed by atoms with van der Waals surface area (Å²) in [5, 5.41) is 2.41. The Balaban J connectivity index is 0.000000496. The van der Waals surface area contributed by atoms with Gasteiger partial charge in [0.15, 0.2) is 0 Å². The molecule has 4 aromatic carbocycles. The molecule has 0 fully saturated rings. The number of hydrogen-bond acceptors (Lipinski definition) is 1. The molecule has 1 heterocycles. The summed E-state index contributed by atoms with van der Waals surface area (Å²) in [4.78, 5) is 5.04. The Bertz CT molecular complexity index is 1540. The van der Waals surface area contributed by atoms with E-state index in [2.05, 4.69) is 146 Å². The first kappa shape index (κ1) is 38.0. The van der Waals surface area contributed by atoms with Crippen molar-refractivity contribution in [2.75, 3.05) is 0 Å². The van der Waals surface area contributed by atoms with Gasteiger partial charge in [-0.1, -0.05) is 144 Å². The van der Waals surface area contributed by atoms with Gasteiger partial charge in [-0.05, 0) is 40.6 Å². The Morgan fingerprint density at radius 3 is 1.70 bits per heavy atom. The fourth-order valence-electron chi connectivity index (χ4n) is 5.35. The van der Waals surface area contributed by atoms with Crippen molar-refractivity contribution in [3.63, 3.8) is 0 Å². The van der Waals surface area contributed by atoms with Crippen LogP contribution in [0.15, 0.2) is 97.1 Å². The van der Waals surface area contributed by atoms with Crippen molar-refractivity contribution in [3.05, 3.63) is 152 Å². The molecule has 0 aliphatic rings. The van der Waals surface area contributed by atoms with E-state index in [1.807, 2.05) is 6.07 Å². The van der Waals surface area contributed by atoms with E-state index in [0.29, 0.717) is 17.8 Å². The van der Waals surface area contributed by atoms with Crippen LogP contribution in [0.3, 0.4) is 0 Å². The van der Waals surface area contributed by atoms with E-state index in [4.69, 9.17) is 10.7 Å². The van der Waals surface area contributed by atoms with Gasteiger partial charge in [0, 0.05) is 11.6 Å². The molecule has 2 nitrogen and oxygen atoms in total. The molecule has 0 radical (unpaired) electrons. The minimum absolute atomic E-state index is 0. The Kier molecular flexibility index (Phi) is 15.3. The molecule has 1 aromatic heterocycles. The molecule has 0 aliphatic carbocycles. The van der Waals surface area contributed by atoms with Crippen LogP contribution in [0.2, 0.25) is 0 Å². The summed E-state index contributed by atoms with van der Waals surface area (Å²) in [6.45, 7) is 15.3. The minimum Gasteiger partial charge on any atom is -0.698 e. The molecule has 222 valence electrons. The van der Waals surface area contributed by atoms with Gasteiger partial charge in [-0.25, -0.2) is 0 Å². The van der Waals surface area contributed by atoms with Gasteiger partial charge in [0.25, 0.3) is 0 Å². The SMILES string of the molecule is CC(C)c1cccc(C(C)C)c1[NH-].CC(C)c1ccccc1C(C)c1cccc(-c2[c-]ccc3ccccc23)n1.[CH3-].[CH3-].[Hf+4]. The Hall–Kier alpha value is -3.04. The predicted octanol–water partition coefficient (Wildman–Crippen LogP) is 12.5. The van der Waals surface area contributed by atoms with E-state index in [0.717, 1.165) is 33.8 Å². The van der Waals surface area contributed by atoms with Gasteiger partial charge in [0.2, 0.25) is 0 Å². The Morgan fingerprint density at radius 1 is 0.581 bits per heavy atom. The van der Waals surface area contributed by atoms with Crippen LogP contribution in [0.25, 0.3) is 27.8 Å². The zero-order valence-electron chi connectivity index (χ0n) is 27.5. The maximum absolute atomic E-state index is 8.01. The Morgan fingerprint density at radius 2 is 1.09 bits per heavy atom. The monoisotopic (exact) mass is 736 g/mol. The molecule has 0 saturated carbocycles. The van der Waals surface area contributed by atoms with E-state index in [-0.39, 0.29) is 46.6 Å². The first-order chi connectivity index (χ1) is 19.2. The van der Waals surface area contributed by atoms with Crippen LogP contribution in [0.1, 0.15) is 100 Å². The zero-order valence-corrected chi connectivity index (χ0v) is 31.1. The fraction of sp³-hybridized carbons (Fsp3) is 0.275. The molecule has 1 N–H and O–H groups in total. The molecule has 0 aliphatic heterocycles.